The minimum atomic E-state index is 0.475. The summed E-state index contributed by atoms with van der Waals surface area (Å²) in [5.41, 5.74) is 5.66. The number of fused-ring (bicyclic) bond motifs is 2. The third kappa shape index (κ3) is 4.12. The molecule has 1 fully saturated rings. The third-order valence-corrected chi connectivity index (χ3v) is 6.92. The Labute approximate surface area is 182 Å². The molecule has 2 aromatic carbocycles. The second-order valence-corrected chi connectivity index (χ2v) is 9.21. The van der Waals surface area contributed by atoms with Gasteiger partial charge >= 0.3 is 0 Å². The number of hydrogen-bond acceptors (Lipinski definition) is 5. The fourth-order valence-corrected chi connectivity index (χ4v) is 5.24. The van der Waals surface area contributed by atoms with Crippen LogP contribution in [0.2, 0.25) is 0 Å². The lowest BCUT2D eigenvalue weighted by molar-refractivity contribution is 0.462. The van der Waals surface area contributed by atoms with Crippen LogP contribution in [-0.4, -0.2) is 21.7 Å². The summed E-state index contributed by atoms with van der Waals surface area (Å²) in [4.78, 5) is 15.6. The molecule has 152 valence electrons. The number of hydrogen-bond donors (Lipinski definition) is 1. The van der Waals surface area contributed by atoms with Gasteiger partial charge in [0.1, 0.15) is 17.0 Å². The first-order chi connectivity index (χ1) is 14.8. The average Bonchev–Trinajstić information content (AvgIpc) is 2.92. The van der Waals surface area contributed by atoms with Gasteiger partial charge in [-0.15, -0.1) is 0 Å². The number of nitrogens with one attached hydrogen (secondary N) is 1. The predicted octanol–water partition coefficient (Wildman–Crippen LogP) is 6.36. The van der Waals surface area contributed by atoms with Crippen LogP contribution in [0.25, 0.3) is 0 Å². The Hall–Kier alpha value is -2.66. The van der Waals surface area contributed by atoms with Crippen molar-refractivity contribution in [3.63, 3.8) is 0 Å². The van der Waals surface area contributed by atoms with Crippen LogP contribution in [-0.2, 0) is 6.42 Å². The van der Waals surface area contributed by atoms with E-state index in [0.717, 1.165) is 28.7 Å². The number of aryl methyl sites for hydroxylation is 1. The van der Waals surface area contributed by atoms with Gasteiger partial charge in [-0.2, -0.15) is 0 Å². The zero-order valence-corrected chi connectivity index (χ0v) is 18.1. The summed E-state index contributed by atoms with van der Waals surface area (Å²) in [5, 5.41) is 4.62. The van der Waals surface area contributed by atoms with Crippen molar-refractivity contribution in [2.75, 3.05) is 5.32 Å². The van der Waals surface area contributed by atoms with Crippen LogP contribution in [0.1, 0.15) is 48.8 Å². The molecule has 0 spiro atoms. The number of rotatable bonds is 4. The quantitative estimate of drug-likeness (QED) is 0.505. The molecule has 2 heterocycles. The fraction of sp³-hybridized carbons (Fsp3) is 0.320. The molecule has 1 aromatic heterocycles. The van der Waals surface area contributed by atoms with Gasteiger partial charge in [0, 0.05) is 22.9 Å². The highest BCUT2D eigenvalue weighted by atomic mass is 32.2. The van der Waals surface area contributed by atoms with Crippen LogP contribution in [0.3, 0.4) is 0 Å². The number of aliphatic imine (C=N–C) groups is 1. The van der Waals surface area contributed by atoms with Gasteiger partial charge in [-0.25, -0.2) is 15.0 Å². The smallest absolute Gasteiger partial charge is 0.156 e. The zero-order chi connectivity index (χ0) is 20.3. The summed E-state index contributed by atoms with van der Waals surface area (Å²) in [5.74, 6) is 0.870. The summed E-state index contributed by atoms with van der Waals surface area (Å²) in [7, 11) is 0. The molecule has 1 aliphatic heterocycles. The maximum absolute atomic E-state index is 5.19. The van der Waals surface area contributed by atoms with E-state index in [2.05, 4.69) is 70.7 Å². The van der Waals surface area contributed by atoms with Crippen molar-refractivity contribution in [3.05, 3.63) is 71.5 Å². The van der Waals surface area contributed by atoms with Gasteiger partial charge < -0.3 is 5.32 Å². The van der Waals surface area contributed by atoms with Crippen molar-refractivity contribution in [2.45, 2.75) is 61.4 Å². The summed E-state index contributed by atoms with van der Waals surface area (Å²) < 4.78 is 0. The average molecular weight is 415 g/mol. The summed E-state index contributed by atoms with van der Waals surface area (Å²) in [6, 6.07) is 17.7. The lowest BCUT2D eigenvalue weighted by Crippen LogP contribution is -2.23. The Morgan fingerprint density at radius 2 is 1.83 bits per heavy atom. The maximum Gasteiger partial charge on any atom is 0.156 e. The van der Waals surface area contributed by atoms with Crippen LogP contribution in [0.4, 0.5) is 11.5 Å². The molecular weight excluding hydrogens is 388 g/mol. The first-order valence-electron chi connectivity index (χ1n) is 10.8. The van der Waals surface area contributed by atoms with E-state index in [-0.39, 0.29) is 0 Å². The largest absolute Gasteiger partial charge is 0.365 e. The molecule has 0 unspecified atom stereocenters. The summed E-state index contributed by atoms with van der Waals surface area (Å²) in [6.45, 7) is 2.14. The topological polar surface area (TPSA) is 50.2 Å². The van der Waals surface area contributed by atoms with Gasteiger partial charge in [-0.05, 0) is 37.5 Å². The molecule has 2 aliphatic rings. The first-order valence-corrected chi connectivity index (χ1v) is 11.6. The van der Waals surface area contributed by atoms with E-state index in [9.17, 15) is 0 Å². The van der Waals surface area contributed by atoms with Crippen molar-refractivity contribution in [1.82, 2.24) is 9.97 Å². The van der Waals surface area contributed by atoms with Gasteiger partial charge in [0.25, 0.3) is 0 Å². The standard InChI is InChI=1S/C25H26N4S/c1-17-12-13-22-20(14-17)21(15-18-8-4-2-5-9-18)29-23-24(26-16-27-25(23)30-22)28-19-10-6-3-7-11-19/h2,4-5,8-9,12-14,16,19H,3,6-7,10-11,15H2,1H3,(H,26,27,28). The molecule has 0 amide bonds. The minimum Gasteiger partial charge on any atom is -0.365 e. The van der Waals surface area contributed by atoms with Gasteiger partial charge in [0.05, 0.1) is 5.71 Å². The molecule has 5 rings (SSSR count). The van der Waals surface area contributed by atoms with Crippen LogP contribution in [0.15, 0.2) is 69.8 Å². The zero-order valence-electron chi connectivity index (χ0n) is 17.3. The Kier molecular flexibility index (Phi) is 5.54. The monoisotopic (exact) mass is 414 g/mol. The molecular formula is C25H26N4S. The normalized spacial score (nSPS) is 16.2. The Morgan fingerprint density at radius 1 is 1.00 bits per heavy atom. The second-order valence-electron chi connectivity index (χ2n) is 8.18. The fourth-order valence-electron chi connectivity index (χ4n) is 4.27. The molecule has 0 saturated heterocycles. The molecule has 4 nitrogen and oxygen atoms in total. The third-order valence-electron chi connectivity index (χ3n) is 5.85. The van der Waals surface area contributed by atoms with Crippen molar-refractivity contribution < 1.29 is 0 Å². The number of anilines is 1. The molecule has 30 heavy (non-hydrogen) atoms. The van der Waals surface area contributed by atoms with E-state index in [1.54, 1.807) is 18.1 Å². The van der Waals surface area contributed by atoms with Crippen LogP contribution in [0, 0.1) is 6.92 Å². The molecule has 0 atom stereocenters. The molecule has 5 heteroatoms. The highest BCUT2D eigenvalue weighted by molar-refractivity contribution is 7.99. The van der Waals surface area contributed by atoms with Crippen molar-refractivity contribution in [2.24, 2.45) is 4.99 Å². The van der Waals surface area contributed by atoms with E-state index < -0.39 is 0 Å². The Morgan fingerprint density at radius 3 is 2.67 bits per heavy atom. The van der Waals surface area contributed by atoms with E-state index in [1.165, 1.54) is 53.7 Å². The number of benzene rings is 2. The van der Waals surface area contributed by atoms with Gasteiger partial charge in [0.2, 0.25) is 0 Å². The number of aromatic nitrogens is 2. The molecule has 1 saturated carbocycles. The van der Waals surface area contributed by atoms with Crippen molar-refractivity contribution >= 4 is 29.0 Å². The van der Waals surface area contributed by atoms with E-state index in [0.29, 0.717) is 6.04 Å². The minimum absolute atomic E-state index is 0.475. The van der Waals surface area contributed by atoms with Crippen LogP contribution < -0.4 is 5.32 Å². The molecule has 0 bridgehead atoms. The first kappa shape index (κ1) is 19.3. The van der Waals surface area contributed by atoms with Gasteiger partial charge in [-0.3, -0.25) is 0 Å². The molecule has 0 radical (unpaired) electrons. The van der Waals surface area contributed by atoms with Gasteiger partial charge in [0.15, 0.2) is 5.82 Å². The van der Waals surface area contributed by atoms with E-state index in [1.807, 2.05) is 0 Å². The lowest BCUT2D eigenvalue weighted by Gasteiger charge is -2.24. The summed E-state index contributed by atoms with van der Waals surface area (Å²) in [6.07, 6.45) is 8.76. The lowest BCUT2D eigenvalue weighted by atomic mass is 9.95. The van der Waals surface area contributed by atoms with Crippen molar-refractivity contribution in [3.8, 4) is 0 Å². The molecule has 3 aromatic rings. The van der Waals surface area contributed by atoms with Crippen LogP contribution in [0.5, 0.6) is 0 Å². The highest BCUT2D eigenvalue weighted by Gasteiger charge is 2.23. The van der Waals surface area contributed by atoms with E-state index >= 15 is 0 Å². The predicted molar refractivity (Wildman–Crippen MR) is 124 cm³/mol. The van der Waals surface area contributed by atoms with Gasteiger partial charge in [-0.1, -0.05) is 73.0 Å². The highest BCUT2D eigenvalue weighted by Crippen LogP contribution is 2.43. The number of nitrogens with zero attached hydrogens (tertiary/aromatic N) is 3. The summed E-state index contributed by atoms with van der Waals surface area (Å²) >= 11 is 1.70. The maximum atomic E-state index is 5.19. The van der Waals surface area contributed by atoms with E-state index in [4.69, 9.17) is 4.99 Å². The Bertz CT molecular complexity index is 1070. The Balaban J connectivity index is 1.59. The van der Waals surface area contributed by atoms with Crippen molar-refractivity contribution in [1.29, 1.82) is 0 Å². The molecule has 1 N–H and O–H groups in total. The second kappa shape index (κ2) is 8.60. The molecule has 1 aliphatic carbocycles. The van der Waals surface area contributed by atoms with Crippen LogP contribution >= 0.6 is 11.8 Å². The SMILES string of the molecule is Cc1ccc2c(c1)C(Cc1ccccc1)=Nc1c(NC3CCCCC3)ncnc1S2.